The number of anilines is 1. The molecule has 1 aromatic heterocycles. The summed E-state index contributed by atoms with van der Waals surface area (Å²) < 4.78 is 68.7. The number of hydrogen-bond donors (Lipinski definition) is 2. The largest absolute Gasteiger partial charge is 0.395 e. The predicted molar refractivity (Wildman–Crippen MR) is 107 cm³/mol. The molecule has 10 heteroatoms. The van der Waals surface area contributed by atoms with Crippen molar-refractivity contribution in [3.8, 4) is 0 Å². The lowest BCUT2D eigenvalue weighted by atomic mass is 10.0. The average molecular weight is 457 g/mol. The first-order valence-electron chi connectivity index (χ1n) is 8.68. The number of hydrogen-bond acceptors (Lipinski definition) is 5. The minimum Gasteiger partial charge on any atom is -0.395 e. The number of pyridine rings is 1. The van der Waals surface area contributed by atoms with E-state index in [1.807, 2.05) is 0 Å². The SMILES string of the molecule is O=S(=O)(c1ccc(F)cc1)C(c1cc(F)ccc1F)c1cc(NCCO)ncc1Cl. The number of nitrogens with one attached hydrogen (secondary N) is 1. The summed E-state index contributed by atoms with van der Waals surface area (Å²) >= 11 is 6.21. The van der Waals surface area contributed by atoms with Crippen LogP contribution in [-0.4, -0.2) is 31.7 Å². The van der Waals surface area contributed by atoms with Crippen LogP contribution < -0.4 is 5.32 Å². The molecule has 158 valence electrons. The third-order valence-electron chi connectivity index (χ3n) is 4.28. The molecule has 1 heterocycles. The van der Waals surface area contributed by atoms with Gasteiger partial charge in [0.2, 0.25) is 0 Å². The molecule has 30 heavy (non-hydrogen) atoms. The van der Waals surface area contributed by atoms with Crippen LogP contribution in [0.3, 0.4) is 0 Å². The molecule has 0 spiro atoms. The van der Waals surface area contributed by atoms with Gasteiger partial charge in [-0.1, -0.05) is 11.6 Å². The Hall–Kier alpha value is -2.62. The Bertz CT molecular complexity index is 1160. The van der Waals surface area contributed by atoms with Gasteiger partial charge >= 0.3 is 0 Å². The standard InChI is InChI=1S/C20H16ClF3N2O3S/c21-17-11-26-19(25-7-8-27)10-15(17)20(16-9-13(23)3-6-18(16)24)30(28,29)14-4-1-12(22)2-5-14/h1-6,9-11,20,27H,7-8H2,(H,25,26). The lowest BCUT2D eigenvalue weighted by molar-refractivity contribution is 0.311. The van der Waals surface area contributed by atoms with E-state index < -0.39 is 38.1 Å². The number of sulfone groups is 1. The molecule has 0 fully saturated rings. The fourth-order valence-corrected chi connectivity index (χ4v) is 5.02. The van der Waals surface area contributed by atoms with Crippen LogP contribution in [0.4, 0.5) is 19.0 Å². The summed E-state index contributed by atoms with van der Waals surface area (Å²) in [6, 6.07) is 7.72. The highest BCUT2D eigenvalue weighted by molar-refractivity contribution is 7.92. The quantitative estimate of drug-likeness (QED) is 0.523. The first kappa shape index (κ1) is 22.1. The van der Waals surface area contributed by atoms with E-state index >= 15 is 0 Å². The number of rotatable bonds is 7. The summed E-state index contributed by atoms with van der Waals surface area (Å²) in [5.41, 5.74) is -0.513. The van der Waals surface area contributed by atoms with Crippen LogP contribution >= 0.6 is 11.6 Å². The fraction of sp³-hybridized carbons (Fsp3) is 0.150. The van der Waals surface area contributed by atoms with E-state index in [0.717, 1.165) is 42.5 Å². The van der Waals surface area contributed by atoms with Gasteiger partial charge in [-0.05, 0) is 54.1 Å². The summed E-state index contributed by atoms with van der Waals surface area (Å²) in [4.78, 5) is 3.70. The van der Waals surface area contributed by atoms with Crippen LogP contribution in [0.2, 0.25) is 5.02 Å². The topological polar surface area (TPSA) is 79.3 Å². The fourth-order valence-electron chi connectivity index (χ4n) is 2.91. The molecule has 2 aromatic carbocycles. The molecule has 3 rings (SSSR count). The van der Waals surface area contributed by atoms with E-state index in [0.29, 0.717) is 0 Å². The molecule has 0 aliphatic heterocycles. The van der Waals surface area contributed by atoms with Crippen molar-refractivity contribution in [3.63, 3.8) is 0 Å². The van der Waals surface area contributed by atoms with Gasteiger partial charge in [0.25, 0.3) is 0 Å². The third-order valence-corrected chi connectivity index (χ3v) is 6.65. The smallest absolute Gasteiger partial charge is 0.189 e. The summed E-state index contributed by atoms with van der Waals surface area (Å²) in [7, 11) is -4.39. The molecule has 2 N–H and O–H groups in total. The van der Waals surface area contributed by atoms with Crippen LogP contribution in [0.1, 0.15) is 16.4 Å². The Balaban J connectivity index is 2.26. The Morgan fingerprint density at radius 1 is 1.00 bits per heavy atom. The van der Waals surface area contributed by atoms with Crippen molar-refractivity contribution in [2.75, 3.05) is 18.5 Å². The van der Waals surface area contributed by atoms with Crippen LogP contribution in [0.5, 0.6) is 0 Å². The maximum Gasteiger partial charge on any atom is 0.189 e. The number of aliphatic hydroxyl groups excluding tert-OH is 1. The molecule has 0 bridgehead atoms. The van der Waals surface area contributed by atoms with Crippen LogP contribution in [-0.2, 0) is 9.84 Å². The van der Waals surface area contributed by atoms with Crippen LogP contribution in [0.25, 0.3) is 0 Å². The van der Waals surface area contributed by atoms with Crippen molar-refractivity contribution in [2.45, 2.75) is 10.1 Å². The monoisotopic (exact) mass is 456 g/mol. The predicted octanol–water partition coefficient (Wildman–Crippen LogP) is 4.12. The minimum absolute atomic E-state index is 0.0547. The van der Waals surface area contributed by atoms with Crippen LogP contribution in [0, 0.1) is 17.5 Å². The lowest BCUT2D eigenvalue weighted by Crippen LogP contribution is -2.18. The van der Waals surface area contributed by atoms with Gasteiger partial charge in [0, 0.05) is 18.3 Å². The Morgan fingerprint density at radius 3 is 2.33 bits per heavy atom. The highest BCUT2D eigenvalue weighted by Gasteiger charge is 2.35. The Labute approximate surface area is 176 Å². The van der Waals surface area contributed by atoms with E-state index in [1.165, 1.54) is 12.3 Å². The zero-order valence-corrected chi connectivity index (χ0v) is 16.9. The second-order valence-electron chi connectivity index (χ2n) is 6.29. The highest BCUT2D eigenvalue weighted by atomic mass is 35.5. The van der Waals surface area contributed by atoms with Gasteiger partial charge < -0.3 is 10.4 Å². The molecule has 0 aliphatic carbocycles. The molecule has 0 aliphatic rings. The number of benzene rings is 2. The first-order valence-corrected chi connectivity index (χ1v) is 10.6. The van der Waals surface area contributed by atoms with Gasteiger partial charge in [-0.3, -0.25) is 0 Å². The van der Waals surface area contributed by atoms with Gasteiger partial charge in [-0.2, -0.15) is 0 Å². The van der Waals surface area contributed by atoms with E-state index in [2.05, 4.69) is 10.3 Å². The minimum atomic E-state index is -4.39. The number of aliphatic hydroxyl groups is 1. The van der Waals surface area contributed by atoms with Crippen molar-refractivity contribution in [3.05, 3.63) is 88.3 Å². The molecular weight excluding hydrogens is 441 g/mol. The van der Waals surface area contributed by atoms with Crippen LogP contribution in [0.15, 0.2) is 59.6 Å². The van der Waals surface area contributed by atoms with Gasteiger partial charge in [0.05, 0.1) is 16.5 Å². The number of aromatic nitrogens is 1. The molecule has 3 aromatic rings. The summed E-state index contributed by atoms with van der Waals surface area (Å²) in [6.07, 6.45) is 1.17. The van der Waals surface area contributed by atoms with Crippen molar-refractivity contribution in [2.24, 2.45) is 0 Å². The summed E-state index contributed by atoms with van der Waals surface area (Å²) in [5.74, 6) is -2.27. The van der Waals surface area contributed by atoms with Gasteiger partial charge in [0.15, 0.2) is 9.84 Å². The Kier molecular flexibility index (Phi) is 6.64. The van der Waals surface area contributed by atoms with Crippen molar-refractivity contribution < 1.29 is 26.7 Å². The third kappa shape index (κ3) is 4.58. The maximum absolute atomic E-state index is 14.7. The van der Waals surface area contributed by atoms with E-state index in [-0.39, 0.29) is 34.5 Å². The average Bonchev–Trinajstić information content (AvgIpc) is 2.71. The number of nitrogens with zero attached hydrogens (tertiary/aromatic N) is 1. The molecule has 1 atom stereocenters. The maximum atomic E-state index is 14.7. The molecule has 0 radical (unpaired) electrons. The van der Waals surface area contributed by atoms with Crippen molar-refractivity contribution >= 4 is 27.3 Å². The second kappa shape index (κ2) is 9.03. The first-order chi connectivity index (χ1) is 14.2. The lowest BCUT2D eigenvalue weighted by Gasteiger charge is -2.21. The van der Waals surface area contributed by atoms with E-state index in [9.17, 15) is 21.6 Å². The molecule has 0 amide bonds. The zero-order chi connectivity index (χ0) is 21.9. The highest BCUT2D eigenvalue weighted by Crippen LogP contribution is 2.40. The van der Waals surface area contributed by atoms with Crippen molar-refractivity contribution in [1.82, 2.24) is 4.98 Å². The normalized spacial score (nSPS) is 12.6. The van der Waals surface area contributed by atoms with Gasteiger partial charge in [-0.25, -0.2) is 26.6 Å². The van der Waals surface area contributed by atoms with Crippen molar-refractivity contribution in [1.29, 1.82) is 0 Å². The summed E-state index contributed by atoms with van der Waals surface area (Å²) in [5, 5.41) is 9.91. The summed E-state index contributed by atoms with van der Waals surface area (Å²) in [6.45, 7) is -0.0900. The molecule has 5 nitrogen and oxygen atoms in total. The molecule has 0 saturated carbocycles. The zero-order valence-electron chi connectivity index (χ0n) is 15.3. The van der Waals surface area contributed by atoms with E-state index in [1.54, 1.807) is 0 Å². The van der Waals surface area contributed by atoms with Gasteiger partial charge in [-0.15, -0.1) is 0 Å². The Morgan fingerprint density at radius 2 is 1.67 bits per heavy atom. The number of halogens is 4. The second-order valence-corrected chi connectivity index (χ2v) is 8.73. The molecule has 0 saturated heterocycles. The van der Waals surface area contributed by atoms with Gasteiger partial charge in [0.1, 0.15) is 28.5 Å². The molecule has 1 unspecified atom stereocenters. The molecular formula is C20H16ClF3N2O3S. The van der Waals surface area contributed by atoms with E-state index in [4.69, 9.17) is 16.7 Å².